The topological polar surface area (TPSA) is 49.3 Å². The van der Waals surface area contributed by atoms with Crippen LogP contribution in [-0.2, 0) is 4.79 Å². The summed E-state index contributed by atoms with van der Waals surface area (Å²) in [6.45, 7) is 5.00. The molecule has 2 N–H and O–H groups in total. The minimum absolute atomic E-state index is 0.524. The lowest BCUT2D eigenvalue weighted by Crippen LogP contribution is -2.50. The molecule has 88 valence electrons. The summed E-state index contributed by atoms with van der Waals surface area (Å²) in [5.74, 6) is 0.406. The maximum absolute atomic E-state index is 11.3. The fourth-order valence-corrected chi connectivity index (χ4v) is 3.33. The van der Waals surface area contributed by atoms with Crippen molar-refractivity contribution in [3.05, 3.63) is 0 Å². The van der Waals surface area contributed by atoms with Gasteiger partial charge in [0.15, 0.2) is 0 Å². The van der Waals surface area contributed by atoms with Crippen LogP contribution in [0.15, 0.2) is 0 Å². The summed E-state index contributed by atoms with van der Waals surface area (Å²) in [4.78, 5) is 11.3. The first-order valence-electron chi connectivity index (χ1n) is 5.74. The third-order valence-electron chi connectivity index (χ3n) is 2.99. The third kappa shape index (κ3) is 3.11. The van der Waals surface area contributed by atoms with Crippen molar-refractivity contribution in [1.82, 2.24) is 5.32 Å². The molecule has 1 aliphatic carbocycles. The minimum Gasteiger partial charge on any atom is -0.480 e. The van der Waals surface area contributed by atoms with E-state index < -0.39 is 11.5 Å². The SMILES string of the molecule is CCCNC1(C(=O)O)CCC(SCC)C1. The minimum atomic E-state index is -0.671. The van der Waals surface area contributed by atoms with E-state index in [1.54, 1.807) is 0 Å². The molecule has 1 saturated carbocycles. The number of carbonyl (C=O) groups is 1. The van der Waals surface area contributed by atoms with Crippen LogP contribution in [0.1, 0.15) is 39.5 Å². The number of nitrogens with one attached hydrogen (secondary N) is 1. The first-order valence-corrected chi connectivity index (χ1v) is 6.79. The smallest absolute Gasteiger partial charge is 0.323 e. The van der Waals surface area contributed by atoms with Crippen LogP contribution in [0.25, 0.3) is 0 Å². The van der Waals surface area contributed by atoms with Gasteiger partial charge in [-0.1, -0.05) is 13.8 Å². The van der Waals surface area contributed by atoms with Crippen molar-refractivity contribution < 1.29 is 9.90 Å². The van der Waals surface area contributed by atoms with Gasteiger partial charge in [0, 0.05) is 5.25 Å². The van der Waals surface area contributed by atoms with Gasteiger partial charge in [0.1, 0.15) is 5.54 Å². The van der Waals surface area contributed by atoms with Gasteiger partial charge < -0.3 is 10.4 Å². The molecule has 0 amide bonds. The molecule has 3 nitrogen and oxygen atoms in total. The Hall–Kier alpha value is -0.220. The summed E-state index contributed by atoms with van der Waals surface area (Å²) in [5.41, 5.74) is -0.636. The van der Waals surface area contributed by atoms with Crippen LogP contribution in [0.4, 0.5) is 0 Å². The van der Waals surface area contributed by atoms with Crippen molar-refractivity contribution in [3.63, 3.8) is 0 Å². The molecule has 0 aromatic heterocycles. The van der Waals surface area contributed by atoms with Crippen LogP contribution >= 0.6 is 11.8 Å². The fraction of sp³-hybridized carbons (Fsp3) is 0.909. The van der Waals surface area contributed by atoms with Gasteiger partial charge in [-0.15, -0.1) is 0 Å². The second kappa shape index (κ2) is 5.75. The summed E-state index contributed by atoms with van der Waals surface area (Å²) in [5, 5.41) is 13.0. The number of hydrogen-bond donors (Lipinski definition) is 2. The van der Waals surface area contributed by atoms with E-state index in [9.17, 15) is 9.90 Å². The van der Waals surface area contributed by atoms with E-state index >= 15 is 0 Å². The molecule has 2 atom stereocenters. The zero-order chi connectivity index (χ0) is 11.3. The van der Waals surface area contributed by atoms with Gasteiger partial charge in [-0.3, -0.25) is 4.79 Å². The van der Waals surface area contributed by atoms with E-state index in [-0.39, 0.29) is 0 Å². The lowest BCUT2D eigenvalue weighted by molar-refractivity contribution is -0.144. The van der Waals surface area contributed by atoms with E-state index in [4.69, 9.17) is 0 Å². The Balaban J connectivity index is 2.56. The van der Waals surface area contributed by atoms with Gasteiger partial charge >= 0.3 is 5.97 Å². The van der Waals surface area contributed by atoms with Crippen LogP contribution in [-0.4, -0.2) is 34.2 Å². The van der Waals surface area contributed by atoms with E-state index in [0.29, 0.717) is 5.25 Å². The van der Waals surface area contributed by atoms with Gasteiger partial charge in [0.2, 0.25) is 0 Å². The molecule has 1 aliphatic rings. The molecule has 15 heavy (non-hydrogen) atoms. The normalized spacial score (nSPS) is 30.7. The molecule has 1 rings (SSSR count). The van der Waals surface area contributed by atoms with Gasteiger partial charge in [0.25, 0.3) is 0 Å². The Labute approximate surface area is 96.0 Å². The van der Waals surface area contributed by atoms with Gasteiger partial charge in [-0.2, -0.15) is 11.8 Å². The average Bonchev–Trinajstić information content (AvgIpc) is 2.61. The number of hydrogen-bond acceptors (Lipinski definition) is 3. The highest BCUT2D eigenvalue weighted by Gasteiger charge is 2.44. The molecule has 2 unspecified atom stereocenters. The average molecular weight is 231 g/mol. The molecular weight excluding hydrogens is 210 g/mol. The second-order valence-electron chi connectivity index (χ2n) is 4.13. The number of rotatable bonds is 6. The second-order valence-corrected chi connectivity index (χ2v) is 5.71. The summed E-state index contributed by atoms with van der Waals surface area (Å²) in [7, 11) is 0. The monoisotopic (exact) mass is 231 g/mol. The first kappa shape index (κ1) is 12.8. The predicted octanol–water partition coefficient (Wildman–Crippen LogP) is 2.11. The number of aliphatic carboxylic acids is 1. The van der Waals surface area contributed by atoms with Crippen molar-refractivity contribution >= 4 is 17.7 Å². The molecule has 0 aromatic rings. The predicted molar refractivity (Wildman–Crippen MR) is 64.4 cm³/mol. The molecule has 0 aliphatic heterocycles. The standard InChI is InChI=1S/C11H21NO2S/c1-3-7-12-11(10(13)14)6-5-9(8-11)15-4-2/h9,12H,3-8H2,1-2H3,(H,13,14). The van der Waals surface area contributed by atoms with Gasteiger partial charge in [-0.25, -0.2) is 0 Å². The quantitative estimate of drug-likeness (QED) is 0.735. The molecular formula is C11H21NO2S. The first-order chi connectivity index (χ1) is 7.14. The lowest BCUT2D eigenvalue weighted by Gasteiger charge is -2.25. The van der Waals surface area contributed by atoms with Crippen molar-refractivity contribution in [2.24, 2.45) is 0 Å². The molecule has 0 spiro atoms. The molecule has 4 heteroatoms. The van der Waals surface area contributed by atoms with Gasteiger partial charge in [0.05, 0.1) is 0 Å². The van der Waals surface area contributed by atoms with E-state index in [2.05, 4.69) is 19.2 Å². The highest BCUT2D eigenvalue weighted by atomic mass is 32.2. The summed E-state index contributed by atoms with van der Waals surface area (Å²) in [6, 6.07) is 0. The molecule has 0 bridgehead atoms. The number of carboxylic acid groups (broad SMARTS) is 1. The van der Waals surface area contributed by atoms with Crippen molar-refractivity contribution in [2.45, 2.75) is 50.3 Å². The molecule has 0 aromatic carbocycles. The van der Waals surface area contributed by atoms with Crippen molar-refractivity contribution in [2.75, 3.05) is 12.3 Å². The summed E-state index contributed by atoms with van der Waals surface area (Å²) in [6.07, 6.45) is 3.57. The van der Waals surface area contributed by atoms with Crippen molar-refractivity contribution in [3.8, 4) is 0 Å². The maximum atomic E-state index is 11.3. The van der Waals surface area contributed by atoms with E-state index in [1.165, 1.54) is 0 Å². The molecule has 0 saturated heterocycles. The van der Waals surface area contributed by atoms with Crippen LogP contribution in [0.5, 0.6) is 0 Å². The van der Waals surface area contributed by atoms with Crippen LogP contribution in [0.2, 0.25) is 0 Å². The van der Waals surface area contributed by atoms with Crippen molar-refractivity contribution in [1.29, 1.82) is 0 Å². The Morgan fingerprint density at radius 2 is 2.33 bits per heavy atom. The maximum Gasteiger partial charge on any atom is 0.323 e. The number of carboxylic acids is 1. The van der Waals surface area contributed by atoms with Gasteiger partial charge in [-0.05, 0) is 38.0 Å². The Bertz CT molecular complexity index is 223. The summed E-state index contributed by atoms with van der Waals surface area (Å²) >= 11 is 1.89. The van der Waals surface area contributed by atoms with E-state index in [0.717, 1.165) is 38.0 Å². The fourth-order valence-electron chi connectivity index (χ4n) is 2.17. The molecule has 0 radical (unpaired) electrons. The molecule has 1 fully saturated rings. The third-order valence-corrected chi connectivity index (χ3v) is 4.20. The molecule has 0 heterocycles. The number of thioether (sulfide) groups is 1. The Kier molecular flexibility index (Phi) is 4.93. The lowest BCUT2D eigenvalue weighted by atomic mass is 9.98. The van der Waals surface area contributed by atoms with Crippen LogP contribution in [0.3, 0.4) is 0 Å². The Morgan fingerprint density at radius 3 is 2.87 bits per heavy atom. The Morgan fingerprint density at radius 1 is 1.60 bits per heavy atom. The van der Waals surface area contributed by atoms with Crippen LogP contribution in [0, 0.1) is 0 Å². The zero-order valence-corrected chi connectivity index (χ0v) is 10.4. The highest BCUT2D eigenvalue weighted by molar-refractivity contribution is 7.99. The zero-order valence-electron chi connectivity index (χ0n) is 9.58. The highest BCUT2D eigenvalue weighted by Crippen LogP contribution is 2.37. The van der Waals surface area contributed by atoms with Crippen LogP contribution < -0.4 is 5.32 Å². The largest absolute Gasteiger partial charge is 0.480 e. The summed E-state index contributed by atoms with van der Waals surface area (Å²) < 4.78 is 0. The van der Waals surface area contributed by atoms with E-state index in [1.807, 2.05) is 11.8 Å².